The maximum atomic E-state index is 11.9. The predicted molar refractivity (Wildman–Crippen MR) is 76.2 cm³/mol. The third kappa shape index (κ3) is 4.46. The van der Waals surface area contributed by atoms with E-state index in [9.17, 15) is 4.79 Å². The monoisotopic (exact) mass is 263 g/mol. The molecule has 1 N–H and O–H groups in total. The van der Waals surface area contributed by atoms with Crippen molar-refractivity contribution in [2.75, 3.05) is 6.54 Å². The predicted octanol–water partition coefficient (Wildman–Crippen LogP) is 2.50. The third-order valence-electron chi connectivity index (χ3n) is 3.56. The van der Waals surface area contributed by atoms with Crippen molar-refractivity contribution < 1.29 is 4.79 Å². The van der Waals surface area contributed by atoms with Crippen LogP contribution in [0, 0.1) is 0 Å². The number of nitrogens with one attached hydrogen (secondary N) is 1. The van der Waals surface area contributed by atoms with Gasteiger partial charge in [-0.15, -0.1) is 0 Å². The van der Waals surface area contributed by atoms with Gasteiger partial charge in [0.2, 0.25) is 0 Å². The van der Waals surface area contributed by atoms with Crippen LogP contribution in [-0.4, -0.2) is 27.6 Å². The van der Waals surface area contributed by atoms with Gasteiger partial charge in [0.15, 0.2) is 5.78 Å². The normalized spacial score (nSPS) is 17.0. The molecule has 1 aromatic heterocycles. The minimum absolute atomic E-state index is 0.0150. The van der Waals surface area contributed by atoms with Crippen molar-refractivity contribution in [2.45, 2.75) is 64.5 Å². The van der Waals surface area contributed by atoms with Gasteiger partial charge < -0.3 is 5.32 Å². The van der Waals surface area contributed by atoms with E-state index in [4.69, 9.17) is 0 Å². The minimum Gasteiger partial charge on any atom is -0.305 e. The summed E-state index contributed by atoms with van der Waals surface area (Å²) in [7, 11) is 0. The Labute approximate surface area is 115 Å². The van der Waals surface area contributed by atoms with Gasteiger partial charge in [-0.3, -0.25) is 9.48 Å². The van der Waals surface area contributed by atoms with E-state index in [2.05, 4.69) is 31.2 Å². The summed E-state index contributed by atoms with van der Waals surface area (Å²) in [5, 5.41) is 7.76. The first-order chi connectivity index (χ1) is 8.94. The summed E-state index contributed by atoms with van der Waals surface area (Å²) >= 11 is 0. The fourth-order valence-corrected chi connectivity index (χ4v) is 2.47. The zero-order chi connectivity index (χ0) is 13.9. The van der Waals surface area contributed by atoms with Crippen molar-refractivity contribution in [3.63, 3.8) is 0 Å². The second kappa shape index (κ2) is 5.87. The average Bonchev–Trinajstić information content (AvgIpc) is 2.94. The number of aromatic nitrogens is 2. The van der Waals surface area contributed by atoms with Crippen LogP contribution in [0.1, 0.15) is 58.2 Å². The minimum atomic E-state index is -0.0150. The van der Waals surface area contributed by atoms with Gasteiger partial charge in [-0.1, -0.05) is 12.8 Å². The van der Waals surface area contributed by atoms with Gasteiger partial charge in [0.05, 0.1) is 24.7 Å². The molecule has 0 atom stereocenters. The second-order valence-corrected chi connectivity index (χ2v) is 6.54. The first-order valence-corrected chi connectivity index (χ1v) is 7.25. The van der Waals surface area contributed by atoms with Crippen LogP contribution in [0.5, 0.6) is 0 Å². The summed E-state index contributed by atoms with van der Waals surface area (Å²) in [6.45, 7) is 6.61. The number of ketones is 1. The zero-order valence-electron chi connectivity index (χ0n) is 12.3. The molecule has 19 heavy (non-hydrogen) atoms. The number of nitrogens with zero attached hydrogens (tertiary/aromatic N) is 2. The van der Waals surface area contributed by atoms with E-state index >= 15 is 0 Å². The number of hydrogen-bond acceptors (Lipinski definition) is 3. The SMILES string of the molecule is CC(C)(C)NCC(=O)Cc1ccn(C2CCCC2)n1. The quantitative estimate of drug-likeness (QED) is 0.888. The molecule has 1 aromatic rings. The molecule has 0 aliphatic heterocycles. The largest absolute Gasteiger partial charge is 0.305 e. The molecule has 1 heterocycles. The Bertz CT molecular complexity index is 425. The Kier molecular flexibility index (Phi) is 4.40. The van der Waals surface area contributed by atoms with Crippen molar-refractivity contribution in [1.82, 2.24) is 15.1 Å². The third-order valence-corrected chi connectivity index (χ3v) is 3.56. The molecule has 1 fully saturated rings. The molecule has 0 bridgehead atoms. The molecule has 0 saturated heterocycles. The lowest BCUT2D eigenvalue weighted by Gasteiger charge is -2.19. The Morgan fingerprint density at radius 2 is 2.11 bits per heavy atom. The summed E-state index contributed by atoms with van der Waals surface area (Å²) in [6, 6.07) is 2.53. The van der Waals surface area contributed by atoms with Crippen LogP contribution in [0.15, 0.2) is 12.3 Å². The van der Waals surface area contributed by atoms with Crippen LogP contribution in [0.4, 0.5) is 0 Å². The summed E-state index contributed by atoms with van der Waals surface area (Å²) < 4.78 is 2.05. The van der Waals surface area contributed by atoms with Crippen LogP contribution >= 0.6 is 0 Å². The number of Topliss-reactive ketones (excluding diaryl/α,β-unsaturated/α-hetero) is 1. The topological polar surface area (TPSA) is 46.9 Å². The van der Waals surface area contributed by atoms with Gasteiger partial charge in [0.1, 0.15) is 0 Å². The van der Waals surface area contributed by atoms with Gasteiger partial charge in [-0.05, 0) is 39.7 Å². The van der Waals surface area contributed by atoms with Crippen molar-refractivity contribution in [1.29, 1.82) is 0 Å². The first-order valence-electron chi connectivity index (χ1n) is 7.25. The molecule has 1 aliphatic carbocycles. The van der Waals surface area contributed by atoms with Crippen molar-refractivity contribution in [2.24, 2.45) is 0 Å². The van der Waals surface area contributed by atoms with Crippen molar-refractivity contribution in [3.8, 4) is 0 Å². The lowest BCUT2D eigenvalue weighted by molar-refractivity contribution is -0.117. The molecule has 0 aromatic carbocycles. The van der Waals surface area contributed by atoms with Gasteiger partial charge in [0.25, 0.3) is 0 Å². The Hall–Kier alpha value is -1.16. The van der Waals surface area contributed by atoms with E-state index in [-0.39, 0.29) is 11.3 Å². The van der Waals surface area contributed by atoms with Gasteiger partial charge in [0, 0.05) is 11.7 Å². The van der Waals surface area contributed by atoms with Crippen molar-refractivity contribution >= 4 is 5.78 Å². The van der Waals surface area contributed by atoms with E-state index in [1.807, 2.05) is 16.9 Å². The molecule has 1 aliphatic rings. The van der Waals surface area contributed by atoms with Crippen molar-refractivity contribution in [3.05, 3.63) is 18.0 Å². The molecule has 0 amide bonds. The summed E-state index contributed by atoms with van der Waals surface area (Å²) in [4.78, 5) is 11.9. The van der Waals surface area contributed by atoms with Crippen LogP contribution in [-0.2, 0) is 11.2 Å². The van der Waals surface area contributed by atoms with Gasteiger partial charge in [-0.2, -0.15) is 5.10 Å². The van der Waals surface area contributed by atoms with Crippen LogP contribution in [0.25, 0.3) is 0 Å². The number of rotatable bonds is 5. The maximum Gasteiger partial charge on any atom is 0.152 e. The lowest BCUT2D eigenvalue weighted by atomic mass is 10.1. The van der Waals surface area contributed by atoms with E-state index in [1.54, 1.807) is 0 Å². The Morgan fingerprint density at radius 3 is 2.74 bits per heavy atom. The molecule has 106 valence electrons. The summed E-state index contributed by atoms with van der Waals surface area (Å²) in [5.41, 5.74) is 0.881. The fraction of sp³-hybridized carbons (Fsp3) is 0.733. The average molecular weight is 263 g/mol. The molecule has 0 unspecified atom stereocenters. The Morgan fingerprint density at radius 1 is 1.42 bits per heavy atom. The van der Waals surface area contributed by atoms with Gasteiger partial charge >= 0.3 is 0 Å². The highest BCUT2D eigenvalue weighted by molar-refractivity contribution is 5.82. The van der Waals surface area contributed by atoms with E-state index < -0.39 is 0 Å². The lowest BCUT2D eigenvalue weighted by Crippen LogP contribution is -2.39. The van der Waals surface area contributed by atoms with E-state index in [0.717, 1.165) is 5.69 Å². The molecule has 4 nitrogen and oxygen atoms in total. The Balaban J connectivity index is 1.84. The standard InChI is InChI=1S/C15H25N3O/c1-15(2,3)16-11-14(19)10-12-8-9-18(17-12)13-6-4-5-7-13/h8-9,13,16H,4-7,10-11H2,1-3H3. The van der Waals surface area contributed by atoms with Crippen LogP contribution < -0.4 is 5.32 Å². The maximum absolute atomic E-state index is 11.9. The molecule has 2 rings (SSSR count). The molecular weight excluding hydrogens is 238 g/mol. The number of hydrogen-bond donors (Lipinski definition) is 1. The molecule has 4 heteroatoms. The van der Waals surface area contributed by atoms with Crippen LogP contribution in [0.3, 0.4) is 0 Å². The molecule has 1 saturated carbocycles. The van der Waals surface area contributed by atoms with E-state index in [0.29, 0.717) is 19.0 Å². The first kappa shape index (κ1) is 14.3. The highest BCUT2D eigenvalue weighted by Gasteiger charge is 2.18. The summed E-state index contributed by atoms with van der Waals surface area (Å²) in [6.07, 6.45) is 7.50. The molecule has 0 spiro atoms. The fourth-order valence-electron chi connectivity index (χ4n) is 2.47. The number of carbonyl (C=O) groups excluding carboxylic acids is 1. The highest BCUT2D eigenvalue weighted by Crippen LogP contribution is 2.28. The second-order valence-electron chi connectivity index (χ2n) is 6.54. The number of carbonyl (C=O) groups is 1. The highest BCUT2D eigenvalue weighted by atomic mass is 16.1. The van der Waals surface area contributed by atoms with Gasteiger partial charge in [-0.25, -0.2) is 0 Å². The molecular formula is C15H25N3O. The summed E-state index contributed by atoms with van der Waals surface area (Å²) in [5.74, 6) is 0.201. The van der Waals surface area contributed by atoms with Crippen LogP contribution in [0.2, 0.25) is 0 Å². The smallest absolute Gasteiger partial charge is 0.152 e. The molecule has 0 radical (unpaired) electrons. The zero-order valence-corrected chi connectivity index (χ0v) is 12.3. The van der Waals surface area contributed by atoms with E-state index in [1.165, 1.54) is 25.7 Å².